The van der Waals surface area contributed by atoms with Gasteiger partial charge in [-0.1, -0.05) is 0 Å². The number of hydrogen-bond donors (Lipinski definition) is 1. The average Bonchev–Trinajstić information content (AvgIpc) is 2.47. The summed E-state index contributed by atoms with van der Waals surface area (Å²) >= 11 is 0. The minimum atomic E-state index is -0.415. The van der Waals surface area contributed by atoms with Crippen molar-refractivity contribution in [3.05, 3.63) is 0 Å². The van der Waals surface area contributed by atoms with E-state index in [1.54, 1.807) is 0 Å². The molecule has 0 aromatic rings. The van der Waals surface area contributed by atoms with Gasteiger partial charge in [-0.25, -0.2) is 0 Å². The van der Waals surface area contributed by atoms with E-state index in [9.17, 15) is 15.6 Å². The third-order valence-corrected chi connectivity index (χ3v) is 5.03. The number of likely N-dealkylation sites (tertiary alicyclic amines) is 2. The molecule has 5 heteroatoms. The first-order valence-corrected chi connectivity index (χ1v) is 8.33. The third kappa shape index (κ3) is 4.43. The third-order valence-electron chi connectivity index (χ3n) is 5.03. The zero-order valence-electron chi connectivity index (χ0n) is 13.9. The minimum Gasteiger partial charge on any atom is -0.390 e. The maximum Gasteiger partial charge on any atom is 0.0793 e. The van der Waals surface area contributed by atoms with E-state index in [2.05, 4.69) is 21.9 Å². The summed E-state index contributed by atoms with van der Waals surface area (Å²) in [5.41, 5.74) is -0.551. The van der Waals surface area contributed by atoms with E-state index in [0.717, 1.165) is 51.9 Å². The predicted octanol–water partition coefficient (Wildman–Crippen LogP) is 1.60. The molecule has 5 nitrogen and oxygen atoms in total. The van der Waals surface area contributed by atoms with Crippen molar-refractivity contribution in [2.24, 2.45) is 10.8 Å². The van der Waals surface area contributed by atoms with Gasteiger partial charge in [0, 0.05) is 26.2 Å². The van der Waals surface area contributed by atoms with Crippen LogP contribution in [0.3, 0.4) is 0 Å². The van der Waals surface area contributed by atoms with Crippen LogP contribution in [0.2, 0.25) is 0 Å². The number of aliphatic hydroxyl groups is 1. The van der Waals surface area contributed by atoms with Crippen LogP contribution in [-0.2, 0) is 0 Å². The molecule has 0 bridgehead atoms. The lowest BCUT2D eigenvalue weighted by Gasteiger charge is -2.39. The van der Waals surface area contributed by atoms with Crippen LogP contribution in [-0.4, -0.2) is 60.3 Å². The van der Waals surface area contributed by atoms with Crippen molar-refractivity contribution in [2.75, 3.05) is 39.3 Å². The second-order valence-corrected chi connectivity index (χ2v) is 7.68. The van der Waals surface area contributed by atoms with Crippen LogP contribution in [0.1, 0.15) is 39.5 Å². The summed E-state index contributed by atoms with van der Waals surface area (Å²) in [6.07, 6.45) is 3.52. The molecule has 0 aliphatic carbocycles. The standard InChI is InChI=1S/C17H28N4O/c1-16(11-18)5-3-7-20(13-16)9-15(22)10-21-8-4-6-17(2,12-19)14-21/h15,22H,3-10,13-14H2,1-2H3/t15?,16-,17+. The molecule has 0 aromatic carbocycles. The second-order valence-electron chi connectivity index (χ2n) is 7.68. The summed E-state index contributed by atoms with van der Waals surface area (Å²) < 4.78 is 0. The Morgan fingerprint density at radius 3 is 1.73 bits per heavy atom. The van der Waals surface area contributed by atoms with Gasteiger partial charge in [0.25, 0.3) is 0 Å². The second kappa shape index (κ2) is 6.96. The van der Waals surface area contributed by atoms with Crippen LogP contribution in [0.4, 0.5) is 0 Å². The molecule has 0 spiro atoms. The zero-order chi connectivity index (χ0) is 16.2. The SMILES string of the molecule is C[C@]1(C#N)CCCN(CC(O)CN2CCC[C@@](C)(C#N)C2)C1. The topological polar surface area (TPSA) is 74.3 Å². The van der Waals surface area contributed by atoms with Gasteiger partial charge in [0.05, 0.1) is 29.1 Å². The molecule has 1 unspecified atom stereocenters. The summed E-state index contributed by atoms with van der Waals surface area (Å²) in [7, 11) is 0. The van der Waals surface area contributed by atoms with E-state index >= 15 is 0 Å². The average molecular weight is 304 g/mol. The first-order valence-electron chi connectivity index (χ1n) is 8.33. The molecule has 2 rings (SSSR count). The molecule has 2 saturated heterocycles. The summed E-state index contributed by atoms with van der Waals surface area (Å²) in [6.45, 7) is 8.68. The lowest BCUT2D eigenvalue weighted by atomic mass is 9.83. The van der Waals surface area contributed by atoms with Crippen molar-refractivity contribution >= 4 is 0 Å². The van der Waals surface area contributed by atoms with Crippen LogP contribution in [0.5, 0.6) is 0 Å². The molecule has 22 heavy (non-hydrogen) atoms. The van der Waals surface area contributed by atoms with Crippen LogP contribution in [0.25, 0.3) is 0 Å². The van der Waals surface area contributed by atoms with Crippen LogP contribution in [0.15, 0.2) is 0 Å². The summed E-state index contributed by atoms with van der Waals surface area (Å²) in [6, 6.07) is 4.83. The molecular weight excluding hydrogens is 276 g/mol. The molecule has 3 atom stereocenters. The van der Waals surface area contributed by atoms with Crippen molar-refractivity contribution in [2.45, 2.75) is 45.6 Å². The monoisotopic (exact) mass is 304 g/mol. The van der Waals surface area contributed by atoms with E-state index in [1.165, 1.54) is 0 Å². The van der Waals surface area contributed by atoms with Gasteiger partial charge in [0.2, 0.25) is 0 Å². The number of nitrogens with zero attached hydrogens (tertiary/aromatic N) is 4. The lowest BCUT2D eigenvalue weighted by molar-refractivity contribution is 0.0327. The molecule has 0 saturated carbocycles. The van der Waals surface area contributed by atoms with Crippen molar-refractivity contribution in [1.82, 2.24) is 9.80 Å². The Bertz CT molecular complexity index is 426. The fourth-order valence-corrected chi connectivity index (χ4v) is 3.84. The first-order chi connectivity index (χ1) is 10.4. The molecule has 2 heterocycles. The van der Waals surface area contributed by atoms with Crippen molar-refractivity contribution in [1.29, 1.82) is 10.5 Å². The molecule has 2 aliphatic rings. The van der Waals surface area contributed by atoms with Crippen LogP contribution in [0, 0.1) is 33.5 Å². The van der Waals surface area contributed by atoms with E-state index in [4.69, 9.17) is 0 Å². The van der Waals surface area contributed by atoms with Gasteiger partial charge >= 0.3 is 0 Å². The molecule has 122 valence electrons. The van der Waals surface area contributed by atoms with Crippen molar-refractivity contribution in [3.8, 4) is 12.1 Å². The summed E-state index contributed by atoms with van der Waals surface area (Å²) in [5, 5.41) is 28.9. The Labute approximate surface area is 134 Å². The lowest BCUT2D eigenvalue weighted by Crippen LogP contribution is -2.49. The largest absolute Gasteiger partial charge is 0.390 e. The van der Waals surface area contributed by atoms with E-state index in [1.807, 2.05) is 13.8 Å². The number of nitriles is 2. The minimum absolute atomic E-state index is 0.275. The van der Waals surface area contributed by atoms with Gasteiger partial charge in [0.1, 0.15) is 0 Å². The Morgan fingerprint density at radius 1 is 0.955 bits per heavy atom. The van der Waals surface area contributed by atoms with Crippen molar-refractivity contribution in [3.63, 3.8) is 0 Å². The number of piperidine rings is 2. The van der Waals surface area contributed by atoms with Crippen LogP contribution >= 0.6 is 0 Å². The smallest absolute Gasteiger partial charge is 0.0793 e. The molecule has 1 N–H and O–H groups in total. The van der Waals surface area contributed by atoms with E-state index < -0.39 is 6.10 Å². The van der Waals surface area contributed by atoms with Crippen molar-refractivity contribution < 1.29 is 5.11 Å². The highest BCUT2D eigenvalue weighted by atomic mass is 16.3. The fourth-order valence-electron chi connectivity index (χ4n) is 3.84. The Morgan fingerprint density at radius 2 is 1.36 bits per heavy atom. The van der Waals surface area contributed by atoms with E-state index in [-0.39, 0.29) is 10.8 Å². The number of β-amino-alcohol motifs (C(OH)–C–C–N with tert-alkyl or cyclic N) is 1. The Hall–Kier alpha value is -1.14. The maximum absolute atomic E-state index is 10.4. The van der Waals surface area contributed by atoms with Gasteiger partial charge in [0.15, 0.2) is 0 Å². The highest BCUT2D eigenvalue weighted by molar-refractivity contribution is 5.01. The van der Waals surface area contributed by atoms with Gasteiger partial charge in [-0.2, -0.15) is 10.5 Å². The summed E-state index contributed by atoms with van der Waals surface area (Å²) in [5.74, 6) is 0. The van der Waals surface area contributed by atoms with E-state index in [0.29, 0.717) is 13.1 Å². The predicted molar refractivity (Wildman–Crippen MR) is 84.8 cm³/mol. The molecule has 0 radical (unpaired) electrons. The first kappa shape index (κ1) is 17.2. The molecule has 0 amide bonds. The van der Waals surface area contributed by atoms with Gasteiger partial charge < -0.3 is 5.11 Å². The number of hydrogen-bond acceptors (Lipinski definition) is 5. The maximum atomic E-state index is 10.4. The molecular formula is C17H28N4O. The molecule has 0 aromatic heterocycles. The highest BCUT2D eigenvalue weighted by Gasteiger charge is 2.34. The quantitative estimate of drug-likeness (QED) is 0.854. The van der Waals surface area contributed by atoms with Gasteiger partial charge in [-0.3, -0.25) is 9.80 Å². The summed E-state index contributed by atoms with van der Waals surface area (Å²) in [4.78, 5) is 4.43. The van der Waals surface area contributed by atoms with Gasteiger partial charge in [-0.15, -0.1) is 0 Å². The number of aliphatic hydroxyl groups excluding tert-OH is 1. The highest BCUT2D eigenvalue weighted by Crippen LogP contribution is 2.30. The Kier molecular flexibility index (Phi) is 5.45. The van der Waals surface area contributed by atoms with Crippen LogP contribution < -0.4 is 0 Å². The van der Waals surface area contributed by atoms with Gasteiger partial charge in [-0.05, 0) is 52.6 Å². The fraction of sp³-hybridized carbons (Fsp3) is 0.882. The number of rotatable bonds is 4. The molecule has 2 fully saturated rings. The normalized spacial score (nSPS) is 35.5. The molecule has 2 aliphatic heterocycles. The zero-order valence-corrected chi connectivity index (χ0v) is 13.9. The Balaban J connectivity index is 1.82.